The van der Waals surface area contributed by atoms with Crippen molar-refractivity contribution in [3.05, 3.63) is 45.7 Å². The Hall–Kier alpha value is -0.860. The van der Waals surface area contributed by atoms with Crippen LogP contribution >= 0.6 is 11.3 Å². The number of likely N-dealkylation sites (tertiary alicyclic amines) is 1. The van der Waals surface area contributed by atoms with Gasteiger partial charge in [0.25, 0.3) is 0 Å². The van der Waals surface area contributed by atoms with Gasteiger partial charge in [-0.2, -0.15) is 0 Å². The SMILES string of the molecule is CN1CC23CC4CC5C=C6CC7CC8CC9C=C%10CC(C%11C%12C%10C9C9C8C8C7C6C6C5C5C7C6C8C9C%12C7C%11C2C45)C3C1c1cccs1. The van der Waals surface area contributed by atoms with E-state index in [2.05, 4.69) is 64.1 Å². The van der Waals surface area contributed by atoms with Gasteiger partial charge in [0.1, 0.15) is 0 Å². The molecule has 0 aromatic carbocycles. The second-order valence-electron chi connectivity index (χ2n) is 23.2. The number of thiophene rings is 1. The van der Waals surface area contributed by atoms with Gasteiger partial charge in [-0.25, -0.2) is 0 Å². The Balaban J connectivity index is 0.990. The van der Waals surface area contributed by atoms with Crippen LogP contribution < -0.4 is 0 Å². The molecule has 30 atom stereocenters. The van der Waals surface area contributed by atoms with Crippen LogP contribution in [0.15, 0.2) is 40.8 Å². The fraction of sp³-hybridized carbons (Fsp3) is 0.826. The summed E-state index contributed by atoms with van der Waals surface area (Å²) in [5, 5.41) is 2.43. The maximum absolute atomic E-state index is 3.15. The van der Waals surface area contributed by atoms with Crippen molar-refractivity contribution in [1.82, 2.24) is 4.90 Å². The van der Waals surface area contributed by atoms with Crippen LogP contribution in [0, 0.1) is 171 Å². The van der Waals surface area contributed by atoms with Crippen molar-refractivity contribution in [1.29, 1.82) is 0 Å². The molecule has 48 heavy (non-hydrogen) atoms. The van der Waals surface area contributed by atoms with Crippen molar-refractivity contribution in [3.63, 3.8) is 0 Å². The van der Waals surface area contributed by atoms with Gasteiger partial charge in [0.2, 0.25) is 0 Å². The fourth-order valence-corrected chi connectivity index (χ4v) is 26.7. The van der Waals surface area contributed by atoms with Crippen molar-refractivity contribution in [2.75, 3.05) is 13.6 Å². The topological polar surface area (TPSA) is 3.24 Å². The van der Waals surface area contributed by atoms with E-state index in [4.69, 9.17) is 0 Å². The highest BCUT2D eigenvalue weighted by molar-refractivity contribution is 7.10. The molecule has 0 radical (unpaired) electrons. The first-order valence-corrected chi connectivity index (χ1v) is 22.7. The van der Waals surface area contributed by atoms with Gasteiger partial charge in [-0.15, -0.1) is 11.3 Å². The number of hydrogen-bond acceptors (Lipinski definition) is 2. The standard InChI is InChI=1S/C46H51NS/c1-47-13-46-12-20-10-18-8-15-5-14-6-17-7-16-9-19-11-21(43(46)45(47)22-3-2-4-48-22)30-35-26(19)25(16)32-27(17)31-23(14)24(15)33-28(18)34-29(20)44(46)42(30)41-39(34)37(33)36(31)38(32)40(35)41/h2-4,8-9,14,16-18,20-21,23-45H,5-7,10-13H2,1H3. The molecule has 1 aliphatic heterocycles. The third kappa shape index (κ3) is 1.95. The van der Waals surface area contributed by atoms with E-state index in [0.29, 0.717) is 11.5 Å². The molecule has 15 fully saturated rings. The number of rotatable bonds is 1. The average Bonchev–Trinajstić information content (AvgIpc) is 3.92. The molecule has 246 valence electrons. The Labute approximate surface area is 290 Å². The molecule has 1 spiro atoms. The summed E-state index contributed by atoms with van der Waals surface area (Å²) in [5.41, 5.74) is 4.87. The van der Waals surface area contributed by atoms with Crippen molar-refractivity contribution in [3.8, 4) is 0 Å². The zero-order chi connectivity index (χ0) is 29.7. The highest BCUT2D eigenvalue weighted by atomic mass is 32.1. The molecule has 1 nitrogen and oxygen atoms in total. The molecule has 0 N–H and O–H groups in total. The summed E-state index contributed by atoms with van der Waals surface area (Å²) < 4.78 is 0. The first kappa shape index (κ1) is 24.4. The van der Waals surface area contributed by atoms with E-state index in [1.165, 1.54) is 59.8 Å². The van der Waals surface area contributed by atoms with Gasteiger partial charge in [-0.3, -0.25) is 4.90 Å². The molecule has 18 rings (SSSR count). The third-order valence-electron chi connectivity index (χ3n) is 24.0. The molecule has 0 bridgehead atoms. The Morgan fingerprint density at radius 2 is 1.29 bits per heavy atom. The summed E-state index contributed by atoms with van der Waals surface area (Å²) in [7, 11) is 2.62. The lowest BCUT2D eigenvalue weighted by molar-refractivity contribution is -0.164. The van der Waals surface area contributed by atoms with Gasteiger partial charge >= 0.3 is 0 Å². The average molecular weight is 650 g/mol. The largest absolute Gasteiger partial charge is 0.298 e. The zero-order valence-electron chi connectivity index (χ0n) is 28.4. The van der Waals surface area contributed by atoms with E-state index in [-0.39, 0.29) is 0 Å². The molecule has 16 aliphatic carbocycles. The highest BCUT2D eigenvalue weighted by Gasteiger charge is 2.89. The van der Waals surface area contributed by atoms with E-state index in [1.54, 1.807) is 43.4 Å². The van der Waals surface area contributed by atoms with Crippen LogP contribution in [0.2, 0.25) is 0 Å². The molecule has 0 amide bonds. The van der Waals surface area contributed by atoms with Crippen LogP contribution in [0.5, 0.6) is 0 Å². The summed E-state index contributed by atoms with van der Waals surface area (Å²) in [6.07, 6.45) is 16.0. The molecule has 1 aromatic heterocycles. The van der Waals surface area contributed by atoms with Crippen LogP contribution in [0.3, 0.4) is 0 Å². The Kier molecular flexibility index (Phi) is 3.48. The zero-order valence-corrected chi connectivity index (χ0v) is 29.3. The summed E-state index contributed by atoms with van der Waals surface area (Å²) in [6, 6.07) is 5.71. The van der Waals surface area contributed by atoms with Crippen LogP contribution in [-0.2, 0) is 0 Å². The lowest BCUT2D eigenvalue weighted by Gasteiger charge is -2.63. The van der Waals surface area contributed by atoms with Gasteiger partial charge < -0.3 is 0 Å². The first-order valence-electron chi connectivity index (χ1n) is 21.9. The van der Waals surface area contributed by atoms with Gasteiger partial charge in [0.05, 0.1) is 0 Å². The second kappa shape index (κ2) is 6.85. The monoisotopic (exact) mass is 649 g/mol. The van der Waals surface area contributed by atoms with E-state index in [0.717, 1.165) is 112 Å². The minimum absolute atomic E-state index is 0.621. The van der Waals surface area contributed by atoms with Gasteiger partial charge in [0, 0.05) is 17.5 Å². The lowest BCUT2D eigenvalue weighted by Crippen LogP contribution is -2.60. The summed E-state index contributed by atoms with van der Waals surface area (Å²) in [5.74, 6) is 31.2. The molecule has 1 saturated heterocycles. The van der Waals surface area contributed by atoms with Crippen LogP contribution in [0.1, 0.15) is 49.4 Å². The number of hydrogen-bond donors (Lipinski definition) is 0. The molecule has 1 aromatic rings. The van der Waals surface area contributed by atoms with Gasteiger partial charge in [-0.05, 0) is 228 Å². The first-order chi connectivity index (χ1) is 23.7. The normalized spacial score (nSPS) is 77.1. The van der Waals surface area contributed by atoms with Crippen molar-refractivity contribution >= 4 is 11.3 Å². The second-order valence-corrected chi connectivity index (χ2v) is 24.2. The van der Waals surface area contributed by atoms with Crippen molar-refractivity contribution in [2.45, 2.75) is 44.6 Å². The maximum Gasteiger partial charge on any atom is 0.0475 e. The van der Waals surface area contributed by atoms with E-state index >= 15 is 0 Å². The summed E-state index contributed by atoms with van der Waals surface area (Å²) >= 11 is 2.13. The number of allylic oxidation sites excluding steroid dienone is 4. The molecule has 30 unspecified atom stereocenters. The molecular formula is C46H51NS. The third-order valence-corrected chi connectivity index (χ3v) is 24.9. The van der Waals surface area contributed by atoms with Crippen molar-refractivity contribution in [2.24, 2.45) is 171 Å². The lowest BCUT2D eigenvalue weighted by atomic mass is 9.40. The smallest absolute Gasteiger partial charge is 0.0475 e. The number of fused-ring (bicyclic) bond motifs is 1. The van der Waals surface area contributed by atoms with E-state index in [9.17, 15) is 0 Å². The Bertz CT molecular complexity index is 1890. The van der Waals surface area contributed by atoms with E-state index in [1.807, 2.05) is 0 Å². The highest BCUT2D eigenvalue weighted by Crippen LogP contribution is 2.93. The van der Waals surface area contributed by atoms with Crippen LogP contribution in [0.4, 0.5) is 0 Å². The molecule has 14 saturated carbocycles. The minimum Gasteiger partial charge on any atom is -0.298 e. The predicted molar refractivity (Wildman–Crippen MR) is 184 cm³/mol. The summed E-state index contributed by atoms with van der Waals surface area (Å²) in [4.78, 5) is 4.77. The molecule has 2 heterocycles. The minimum atomic E-state index is 0.621. The fourth-order valence-electron chi connectivity index (χ4n) is 25.8. The maximum atomic E-state index is 3.15. The Morgan fingerprint density at radius 1 is 0.604 bits per heavy atom. The van der Waals surface area contributed by atoms with Crippen molar-refractivity contribution < 1.29 is 0 Å². The molecular weight excluding hydrogens is 599 g/mol. The predicted octanol–water partition coefficient (Wildman–Crippen LogP) is 8.39. The van der Waals surface area contributed by atoms with Gasteiger partial charge in [0.15, 0.2) is 0 Å². The van der Waals surface area contributed by atoms with Gasteiger partial charge in [-0.1, -0.05) is 29.4 Å². The summed E-state index contributed by atoms with van der Waals surface area (Å²) in [6.45, 7) is 1.46. The van der Waals surface area contributed by atoms with Crippen LogP contribution in [-0.4, -0.2) is 18.5 Å². The molecule has 2 heteroatoms. The number of nitrogens with zero attached hydrogens (tertiary/aromatic N) is 1. The quantitative estimate of drug-likeness (QED) is 0.276. The van der Waals surface area contributed by atoms with E-state index < -0.39 is 0 Å². The molecule has 17 aliphatic rings. The van der Waals surface area contributed by atoms with Crippen LogP contribution in [0.25, 0.3) is 0 Å². The Morgan fingerprint density at radius 3 is 2.15 bits per heavy atom.